The molecule has 0 aliphatic heterocycles. The van der Waals surface area contributed by atoms with Gasteiger partial charge in [0.15, 0.2) is 0 Å². The average Bonchev–Trinajstić information content (AvgIpc) is 2.05. The highest BCUT2D eigenvalue weighted by molar-refractivity contribution is 6.77. The quantitative estimate of drug-likeness (QED) is 0.577. The molecule has 0 aliphatic rings. The normalized spacial score (nSPS) is 8.92. The fourth-order valence-electron chi connectivity index (χ4n) is 1.04. The van der Waals surface area contributed by atoms with Gasteiger partial charge in [-0.25, -0.2) is 0 Å². The number of allylic oxidation sites excluding steroid dienone is 1. The van der Waals surface area contributed by atoms with Crippen LogP contribution in [0.15, 0.2) is 35.5 Å². The molecule has 0 heterocycles. The van der Waals surface area contributed by atoms with Crippen LogP contribution >= 0.6 is 0 Å². The zero-order valence-electron chi connectivity index (χ0n) is 7.39. The second-order valence-corrected chi connectivity index (χ2v) is 5.57. The maximum absolute atomic E-state index is 3.45. The lowest BCUT2D eigenvalue weighted by molar-refractivity contribution is 1.75. The third-order valence-electron chi connectivity index (χ3n) is 1.58. The summed E-state index contributed by atoms with van der Waals surface area (Å²) in [7, 11) is 2.85. The molecule has 0 bridgehead atoms. The van der Waals surface area contributed by atoms with E-state index in [4.69, 9.17) is 0 Å². The third kappa shape index (κ3) is 2.74. The van der Waals surface area contributed by atoms with E-state index in [0.717, 1.165) is 5.20 Å². The monoisotopic (exact) mass is 187 g/mol. The number of benzene rings is 1. The lowest BCUT2D eigenvalue weighted by Crippen LogP contribution is -2.18. The SMILES string of the molecule is CC([Si])=C=[Si](C)c1ccccc1. The highest BCUT2D eigenvalue weighted by atomic mass is 28.2. The Morgan fingerprint density at radius 1 is 1.33 bits per heavy atom. The van der Waals surface area contributed by atoms with Gasteiger partial charge in [0.25, 0.3) is 0 Å². The van der Waals surface area contributed by atoms with Crippen molar-refractivity contribution in [3.8, 4) is 0 Å². The molecule has 1 aromatic carbocycles. The van der Waals surface area contributed by atoms with Gasteiger partial charge in [0.2, 0.25) is 0 Å². The van der Waals surface area contributed by atoms with E-state index in [-0.39, 0.29) is 0 Å². The van der Waals surface area contributed by atoms with Gasteiger partial charge in [-0.2, -0.15) is 5.33 Å². The van der Waals surface area contributed by atoms with Crippen molar-refractivity contribution in [3.63, 3.8) is 0 Å². The van der Waals surface area contributed by atoms with Gasteiger partial charge in [-0.05, 0) is 18.7 Å². The van der Waals surface area contributed by atoms with Crippen LogP contribution in [0.5, 0.6) is 0 Å². The minimum atomic E-state index is -0.602. The maximum Gasteiger partial charge on any atom is 0.0964 e. The highest BCUT2D eigenvalue weighted by Crippen LogP contribution is 1.82. The van der Waals surface area contributed by atoms with Crippen LogP contribution in [-0.4, -0.2) is 24.0 Å². The summed E-state index contributed by atoms with van der Waals surface area (Å²) in [6.45, 7) is 4.26. The second-order valence-electron chi connectivity index (χ2n) is 2.74. The average molecular weight is 187 g/mol. The molecular formula is C10H11Si2. The molecule has 0 fully saturated rings. The Morgan fingerprint density at radius 2 is 1.92 bits per heavy atom. The van der Waals surface area contributed by atoms with Crippen LogP contribution in [0.25, 0.3) is 0 Å². The van der Waals surface area contributed by atoms with Crippen LogP contribution in [0.2, 0.25) is 6.55 Å². The maximum atomic E-state index is 3.45. The Bertz CT molecular complexity index is 315. The largest absolute Gasteiger partial charge is 0.158 e. The summed E-state index contributed by atoms with van der Waals surface area (Å²) in [5, 5.41) is 5.90. The van der Waals surface area contributed by atoms with Crippen LogP contribution in [0.3, 0.4) is 0 Å². The summed E-state index contributed by atoms with van der Waals surface area (Å²) in [4.78, 5) is 0. The van der Waals surface area contributed by atoms with E-state index in [9.17, 15) is 0 Å². The van der Waals surface area contributed by atoms with Crippen molar-refractivity contribution in [2.75, 3.05) is 0 Å². The van der Waals surface area contributed by atoms with Crippen molar-refractivity contribution < 1.29 is 0 Å². The van der Waals surface area contributed by atoms with E-state index >= 15 is 0 Å². The first kappa shape index (κ1) is 9.39. The van der Waals surface area contributed by atoms with Gasteiger partial charge in [-0.1, -0.05) is 35.5 Å². The molecule has 0 nitrogen and oxygen atoms in total. The first-order valence-electron chi connectivity index (χ1n) is 3.91. The van der Waals surface area contributed by atoms with Crippen molar-refractivity contribution in [2.45, 2.75) is 13.5 Å². The van der Waals surface area contributed by atoms with Gasteiger partial charge in [-0.15, -0.1) is 0 Å². The Hall–Kier alpha value is -0.696. The molecule has 59 valence electrons. The summed E-state index contributed by atoms with van der Waals surface area (Å²) in [6, 6.07) is 10.5. The summed E-state index contributed by atoms with van der Waals surface area (Å²) < 4.78 is 0. The third-order valence-corrected chi connectivity index (χ3v) is 3.91. The number of rotatable bonds is 1. The predicted molar refractivity (Wildman–Crippen MR) is 57.6 cm³/mol. The standard InChI is InChI=1S/C10H11Si2/c1-9(11)8-12(2)10-6-4-3-5-7-10/h3-7H,1-2H3. The Balaban J connectivity index is 3.10. The van der Waals surface area contributed by atoms with Crippen LogP contribution in [0.1, 0.15) is 6.92 Å². The van der Waals surface area contributed by atoms with Crippen molar-refractivity contribution in [3.05, 3.63) is 35.5 Å². The molecule has 0 unspecified atom stereocenters. The lowest BCUT2D eigenvalue weighted by Gasteiger charge is -1.95. The van der Waals surface area contributed by atoms with Crippen LogP contribution in [-0.2, 0) is 0 Å². The van der Waals surface area contributed by atoms with E-state index < -0.39 is 8.41 Å². The van der Waals surface area contributed by atoms with E-state index in [1.807, 2.05) is 13.0 Å². The molecule has 0 aliphatic carbocycles. The Kier molecular flexibility index (Phi) is 3.41. The minimum Gasteiger partial charge on any atom is -0.158 e. The summed E-state index contributed by atoms with van der Waals surface area (Å²) in [6.07, 6.45) is 0. The van der Waals surface area contributed by atoms with E-state index in [1.165, 1.54) is 5.19 Å². The molecule has 0 N–H and O–H groups in total. The van der Waals surface area contributed by atoms with Crippen LogP contribution < -0.4 is 5.19 Å². The zero-order chi connectivity index (χ0) is 8.97. The van der Waals surface area contributed by atoms with E-state index in [0.29, 0.717) is 0 Å². The first-order valence-corrected chi connectivity index (χ1v) is 6.41. The highest BCUT2D eigenvalue weighted by Gasteiger charge is 1.92. The van der Waals surface area contributed by atoms with Gasteiger partial charge >= 0.3 is 0 Å². The molecule has 0 saturated carbocycles. The number of hydrogen-bond donors (Lipinski definition) is 0. The smallest absolute Gasteiger partial charge is 0.0964 e. The van der Waals surface area contributed by atoms with Crippen molar-refractivity contribution in [1.82, 2.24) is 0 Å². The summed E-state index contributed by atoms with van der Waals surface area (Å²) >= 11 is 0. The first-order chi connectivity index (χ1) is 5.70. The van der Waals surface area contributed by atoms with Crippen molar-refractivity contribution in [2.24, 2.45) is 0 Å². The molecular weight excluding hydrogens is 176 g/mol. The molecule has 0 spiro atoms. The fourth-order valence-corrected chi connectivity index (χ4v) is 3.00. The summed E-state index contributed by atoms with van der Waals surface area (Å²) in [5.74, 6) is 0. The van der Waals surface area contributed by atoms with Gasteiger partial charge in [0, 0.05) is 0 Å². The van der Waals surface area contributed by atoms with Gasteiger partial charge < -0.3 is 0 Å². The summed E-state index contributed by atoms with van der Waals surface area (Å²) in [5.41, 5.74) is 0. The molecule has 2 heteroatoms. The topological polar surface area (TPSA) is 0 Å². The Labute approximate surface area is 78.6 Å². The predicted octanol–water partition coefficient (Wildman–Crippen LogP) is 1.07. The van der Waals surface area contributed by atoms with Gasteiger partial charge in [-0.3, -0.25) is 0 Å². The van der Waals surface area contributed by atoms with E-state index in [1.54, 1.807) is 0 Å². The number of hydrogen-bond acceptors (Lipinski definition) is 0. The molecule has 0 amide bonds. The molecule has 0 aromatic heterocycles. The van der Waals surface area contributed by atoms with Crippen molar-refractivity contribution in [1.29, 1.82) is 0 Å². The molecule has 12 heavy (non-hydrogen) atoms. The van der Waals surface area contributed by atoms with E-state index in [2.05, 4.69) is 46.4 Å². The molecule has 0 atom stereocenters. The minimum absolute atomic E-state index is 0.602. The van der Waals surface area contributed by atoms with Crippen LogP contribution in [0.4, 0.5) is 0 Å². The molecule has 3 radical (unpaired) electrons. The molecule has 0 saturated heterocycles. The molecule has 1 rings (SSSR count). The molecule has 1 aromatic rings. The van der Waals surface area contributed by atoms with Crippen LogP contribution in [0, 0.1) is 0 Å². The van der Waals surface area contributed by atoms with Gasteiger partial charge in [0.1, 0.15) is 0 Å². The fraction of sp³-hybridized carbons (Fsp3) is 0.200. The zero-order valence-corrected chi connectivity index (χ0v) is 9.39. The van der Waals surface area contributed by atoms with Crippen molar-refractivity contribution >= 4 is 29.2 Å². The second kappa shape index (κ2) is 4.36. The van der Waals surface area contributed by atoms with Gasteiger partial charge in [0.05, 0.1) is 18.7 Å². The Morgan fingerprint density at radius 3 is 2.42 bits per heavy atom. The lowest BCUT2D eigenvalue weighted by atomic mass is 10.4.